The van der Waals surface area contributed by atoms with Crippen LogP contribution in [-0.2, 0) is 4.74 Å². The monoisotopic (exact) mass is 209 g/mol. The van der Waals surface area contributed by atoms with Crippen LogP contribution in [0.4, 0.5) is 0 Å². The fourth-order valence-electron chi connectivity index (χ4n) is 2.81. The molecule has 0 radical (unpaired) electrons. The first-order valence-corrected chi connectivity index (χ1v) is 6.42. The van der Waals surface area contributed by atoms with E-state index in [9.17, 15) is 0 Å². The highest BCUT2D eigenvalue weighted by molar-refractivity contribution is 5.13. The zero-order valence-electron chi connectivity index (χ0n) is 9.87. The minimum absolute atomic E-state index is 0.703. The number of ether oxygens (including phenoxy) is 1. The number of morpholine rings is 1. The zero-order valence-corrected chi connectivity index (χ0v) is 9.87. The van der Waals surface area contributed by atoms with Crippen LogP contribution in [0.3, 0.4) is 0 Å². The lowest BCUT2D eigenvalue weighted by Crippen LogP contribution is -2.44. The lowest BCUT2D eigenvalue weighted by atomic mass is 9.91. The second kappa shape index (κ2) is 5.66. The smallest absolute Gasteiger partial charge is 0.0594 e. The lowest BCUT2D eigenvalue weighted by molar-refractivity contribution is 0.0221. The van der Waals surface area contributed by atoms with Crippen molar-refractivity contribution in [2.45, 2.75) is 45.1 Å². The SMILES string of the molecule is CCC(C1=CCCCC1)N1CCOCC1. The predicted octanol–water partition coefficient (Wildman–Crippen LogP) is 2.60. The Labute approximate surface area is 93.3 Å². The minimum Gasteiger partial charge on any atom is -0.379 e. The summed E-state index contributed by atoms with van der Waals surface area (Å²) in [6.45, 7) is 6.40. The molecule has 0 aromatic rings. The average Bonchev–Trinajstić information content (AvgIpc) is 2.33. The van der Waals surface area contributed by atoms with Crippen LogP contribution < -0.4 is 0 Å². The van der Waals surface area contributed by atoms with Gasteiger partial charge < -0.3 is 4.74 Å². The fraction of sp³-hybridized carbons (Fsp3) is 0.846. The molecule has 86 valence electrons. The van der Waals surface area contributed by atoms with Gasteiger partial charge in [0.05, 0.1) is 13.2 Å². The summed E-state index contributed by atoms with van der Waals surface area (Å²) in [6.07, 6.45) is 9.17. The second-order valence-corrected chi connectivity index (χ2v) is 4.60. The maximum atomic E-state index is 5.42. The third kappa shape index (κ3) is 2.82. The highest BCUT2D eigenvalue weighted by Gasteiger charge is 2.23. The first-order chi connectivity index (χ1) is 7.42. The van der Waals surface area contributed by atoms with Crippen LogP contribution in [0.15, 0.2) is 11.6 Å². The molecule has 0 saturated carbocycles. The van der Waals surface area contributed by atoms with Crippen molar-refractivity contribution >= 4 is 0 Å². The highest BCUT2D eigenvalue weighted by atomic mass is 16.5. The van der Waals surface area contributed by atoms with Crippen LogP contribution >= 0.6 is 0 Å². The number of rotatable bonds is 3. The largest absolute Gasteiger partial charge is 0.379 e. The van der Waals surface area contributed by atoms with Gasteiger partial charge in [-0.3, -0.25) is 4.90 Å². The Kier molecular flexibility index (Phi) is 4.21. The van der Waals surface area contributed by atoms with E-state index in [-0.39, 0.29) is 0 Å². The van der Waals surface area contributed by atoms with Gasteiger partial charge in [-0.15, -0.1) is 0 Å². The van der Waals surface area contributed by atoms with Gasteiger partial charge in [0.1, 0.15) is 0 Å². The van der Waals surface area contributed by atoms with E-state index in [1.807, 2.05) is 0 Å². The third-order valence-corrected chi connectivity index (χ3v) is 3.63. The molecule has 0 spiro atoms. The Balaban J connectivity index is 1.98. The summed E-state index contributed by atoms with van der Waals surface area (Å²) in [5.41, 5.74) is 1.70. The van der Waals surface area contributed by atoms with E-state index in [0.717, 1.165) is 26.3 Å². The molecule has 2 heteroatoms. The number of hydrogen-bond donors (Lipinski definition) is 0. The summed E-state index contributed by atoms with van der Waals surface area (Å²) < 4.78 is 5.42. The predicted molar refractivity (Wildman–Crippen MR) is 63.0 cm³/mol. The second-order valence-electron chi connectivity index (χ2n) is 4.60. The molecule has 15 heavy (non-hydrogen) atoms. The van der Waals surface area contributed by atoms with Crippen molar-refractivity contribution < 1.29 is 4.74 Å². The molecule has 0 aromatic carbocycles. The third-order valence-electron chi connectivity index (χ3n) is 3.63. The van der Waals surface area contributed by atoms with Gasteiger partial charge in [-0.25, -0.2) is 0 Å². The zero-order chi connectivity index (χ0) is 10.5. The molecule has 0 aromatic heterocycles. The van der Waals surface area contributed by atoms with Gasteiger partial charge in [-0.1, -0.05) is 18.6 Å². The number of hydrogen-bond acceptors (Lipinski definition) is 2. The minimum atomic E-state index is 0.703. The molecule has 1 heterocycles. The molecule has 0 bridgehead atoms. The summed E-state index contributed by atoms with van der Waals surface area (Å²) in [6, 6.07) is 0.703. The summed E-state index contributed by atoms with van der Waals surface area (Å²) in [4.78, 5) is 2.61. The molecule has 1 unspecified atom stereocenters. The Morgan fingerprint density at radius 3 is 2.73 bits per heavy atom. The summed E-state index contributed by atoms with van der Waals surface area (Å²) >= 11 is 0. The van der Waals surface area contributed by atoms with Crippen LogP contribution in [0.2, 0.25) is 0 Å². The molecule has 1 aliphatic heterocycles. The van der Waals surface area contributed by atoms with E-state index >= 15 is 0 Å². The molecule has 1 saturated heterocycles. The van der Waals surface area contributed by atoms with Crippen molar-refractivity contribution in [3.05, 3.63) is 11.6 Å². The number of nitrogens with zero attached hydrogens (tertiary/aromatic N) is 1. The highest BCUT2D eigenvalue weighted by Crippen LogP contribution is 2.25. The van der Waals surface area contributed by atoms with E-state index < -0.39 is 0 Å². The van der Waals surface area contributed by atoms with Crippen LogP contribution in [0, 0.1) is 0 Å². The molecule has 0 amide bonds. The molecule has 1 aliphatic carbocycles. The van der Waals surface area contributed by atoms with Crippen molar-refractivity contribution in [3.8, 4) is 0 Å². The Morgan fingerprint density at radius 2 is 2.13 bits per heavy atom. The fourth-order valence-corrected chi connectivity index (χ4v) is 2.81. The van der Waals surface area contributed by atoms with Crippen molar-refractivity contribution in [1.82, 2.24) is 4.90 Å². The first-order valence-electron chi connectivity index (χ1n) is 6.42. The quantitative estimate of drug-likeness (QED) is 0.662. The number of allylic oxidation sites excluding steroid dienone is 1. The summed E-state index contributed by atoms with van der Waals surface area (Å²) in [5.74, 6) is 0. The van der Waals surface area contributed by atoms with E-state index in [4.69, 9.17) is 4.74 Å². The van der Waals surface area contributed by atoms with Gasteiger partial charge >= 0.3 is 0 Å². The van der Waals surface area contributed by atoms with Gasteiger partial charge in [0.25, 0.3) is 0 Å². The van der Waals surface area contributed by atoms with Crippen LogP contribution in [0.25, 0.3) is 0 Å². The van der Waals surface area contributed by atoms with Crippen molar-refractivity contribution in [3.63, 3.8) is 0 Å². The Bertz CT molecular complexity index is 219. The molecule has 2 aliphatic rings. The van der Waals surface area contributed by atoms with Gasteiger partial charge in [0, 0.05) is 19.1 Å². The first kappa shape index (κ1) is 11.2. The maximum absolute atomic E-state index is 5.42. The summed E-state index contributed by atoms with van der Waals surface area (Å²) in [7, 11) is 0. The summed E-state index contributed by atoms with van der Waals surface area (Å²) in [5, 5.41) is 0. The van der Waals surface area contributed by atoms with Crippen LogP contribution in [0.5, 0.6) is 0 Å². The van der Waals surface area contributed by atoms with Gasteiger partial charge in [0.2, 0.25) is 0 Å². The van der Waals surface area contributed by atoms with E-state index in [0.29, 0.717) is 6.04 Å². The van der Waals surface area contributed by atoms with E-state index in [1.165, 1.54) is 32.1 Å². The van der Waals surface area contributed by atoms with Crippen LogP contribution in [0.1, 0.15) is 39.0 Å². The molecular weight excluding hydrogens is 186 g/mol. The van der Waals surface area contributed by atoms with E-state index in [2.05, 4.69) is 17.9 Å². The molecule has 1 atom stereocenters. The van der Waals surface area contributed by atoms with E-state index in [1.54, 1.807) is 5.57 Å². The van der Waals surface area contributed by atoms with Gasteiger partial charge in [-0.2, -0.15) is 0 Å². The van der Waals surface area contributed by atoms with Crippen molar-refractivity contribution in [2.24, 2.45) is 0 Å². The maximum Gasteiger partial charge on any atom is 0.0594 e. The average molecular weight is 209 g/mol. The Hall–Kier alpha value is -0.340. The molecule has 1 fully saturated rings. The van der Waals surface area contributed by atoms with Gasteiger partial charge in [-0.05, 0) is 32.1 Å². The van der Waals surface area contributed by atoms with Crippen LogP contribution in [-0.4, -0.2) is 37.2 Å². The molecule has 0 N–H and O–H groups in total. The lowest BCUT2D eigenvalue weighted by Gasteiger charge is -2.36. The Morgan fingerprint density at radius 1 is 1.33 bits per heavy atom. The normalized spacial score (nSPS) is 26.1. The molecular formula is C13H23NO. The standard InChI is InChI=1S/C13H23NO/c1-2-13(12-6-4-3-5-7-12)14-8-10-15-11-9-14/h6,13H,2-5,7-11H2,1H3. The topological polar surface area (TPSA) is 12.5 Å². The van der Waals surface area contributed by atoms with Crippen molar-refractivity contribution in [2.75, 3.05) is 26.3 Å². The molecule has 2 nitrogen and oxygen atoms in total. The van der Waals surface area contributed by atoms with Crippen molar-refractivity contribution in [1.29, 1.82) is 0 Å². The van der Waals surface area contributed by atoms with Gasteiger partial charge in [0.15, 0.2) is 0 Å². The molecule has 2 rings (SSSR count).